The molecule has 0 saturated carbocycles. The third-order valence-electron chi connectivity index (χ3n) is 2.92. The molecule has 0 unspecified atom stereocenters. The second-order valence-corrected chi connectivity index (χ2v) is 5.16. The van der Waals surface area contributed by atoms with Gasteiger partial charge in [0.2, 0.25) is 11.8 Å². The topological polar surface area (TPSA) is 104 Å². The lowest BCUT2D eigenvalue weighted by Gasteiger charge is -2.00. The molecule has 0 aliphatic rings. The van der Waals surface area contributed by atoms with Crippen LogP contribution >= 0.6 is 23.2 Å². The van der Waals surface area contributed by atoms with Crippen molar-refractivity contribution in [3.8, 4) is 22.9 Å². The van der Waals surface area contributed by atoms with Gasteiger partial charge in [0, 0.05) is 11.8 Å². The predicted molar refractivity (Wildman–Crippen MR) is 82.6 cm³/mol. The second kappa shape index (κ2) is 6.33. The van der Waals surface area contributed by atoms with Gasteiger partial charge in [-0.1, -0.05) is 29.3 Å². The van der Waals surface area contributed by atoms with Crippen LogP contribution in [0, 0.1) is 0 Å². The molecule has 0 radical (unpaired) electrons. The maximum Gasteiger partial charge on any atom is 0.356 e. The first-order valence-electron chi connectivity index (χ1n) is 6.25. The Kier molecular flexibility index (Phi) is 4.24. The van der Waals surface area contributed by atoms with Crippen LogP contribution in [0.2, 0.25) is 10.2 Å². The number of aromatic nitrogens is 3. The molecular weight excluding hydrogens is 343 g/mol. The van der Waals surface area contributed by atoms with Crippen molar-refractivity contribution in [1.29, 1.82) is 0 Å². The fourth-order valence-electron chi connectivity index (χ4n) is 1.84. The number of nitrogens with two attached hydrogens (primary N) is 1. The van der Waals surface area contributed by atoms with Crippen molar-refractivity contribution in [3.63, 3.8) is 0 Å². The number of hydrogen-bond donors (Lipinski definition) is 1. The first-order chi connectivity index (χ1) is 11.1. The summed E-state index contributed by atoms with van der Waals surface area (Å²) in [6.07, 6.45) is 1.47. The Bertz CT molecular complexity index is 882. The maximum absolute atomic E-state index is 11.4. The lowest BCUT2D eigenvalue weighted by Crippen LogP contribution is -2.09. The van der Waals surface area contributed by atoms with Crippen molar-refractivity contribution in [2.75, 3.05) is 0 Å². The van der Waals surface area contributed by atoms with E-state index in [-0.39, 0.29) is 27.5 Å². The van der Waals surface area contributed by atoms with Crippen molar-refractivity contribution < 1.29 is 14.0 Å². The molecule has 0 aliphatic carbocycles. The minimum absolute atomic E-state index is 0.183. The van der Waals surface area contributed by atoms with Gasteiger partial charge in [-0.3, -0.25) is 0 Å². The summed E-state index contributed by atoms with van der Waals surface area (Å²) < 4.78 is 5.57. The molecule has 0 saturated heterocycles. The van der Waals surface area contributed by atoms with Crippen molar-refractivity contribution in [2.24, 2.45) is 5.90 Å². The van der Waals surface area contributed by atoms with Gasteiger partial charge >= 0.3 is 5.97 Å². The van der Waals surface area contributed by atoms with Crippen molar-refractivity contribution >= 4 is 29.2 Å². The van der Waals surface area contributed by atoms with E-state index in [1.54, 1.807) is 24.3 Å². The van der Waals surface area contributed by atoms with Gasteiger partial charge in [-0.05, 0) is 24.3 Å². The van der Waals surface area contributed by atoms with Gasteiger partial charge in [0.05, 0.1) is 16.1 Å². The maximum atomic E-state index is 11.4. The van der Waals surface area contributed by atoms with E-state index in [9.17, 15) is 4.79 Å². The molecule has 7 nitrogen and oxygen atoms in total. The van der Waals surface area contributed by atoms with Crippen LogP contribution in [0.15, 0.2) is 40.9 Å². The zero-order valence-corrected chi connectivity index (χ0v) is 12.9. The highest BCUT2D eigenvalue weighted by Gasteiger charge is 2.14. The number of hydrogen-bond acceptors (Lipinski definition) is 7. The Morgan fingerprint density at radius 2 is 1.87 bits per heavy atom. The molecule has 1 aromatic carbocycles. The lowest BCUT2D eigenvalue weighted by atomic mass is 10.1. The number of carbonyl (C=O) groups is 1. The second-order valence-electron chi connectivity index (χ2n) is 4.40. The number of rotatable bonds is 3. The van der Waals surface area contributed by atoms with Crippen LogP contribution in [0.3, 0.4) is 0 Å². The normalized spacial score (nSPS) is 10.6. The highest BCUT2D eigenvalue weighted by atomic mass is 35.5. The number of nitrogens with zero attached hydrogens (tertiary/aromatic N) is 3. The van der Waals surface area contributed by atoms with Crippen LogP contribution in [0.4, 0.5) is 0 Å². The van der Waals surface area contributed by atoms with Gasteiger partial charge in [0.15, 0.2) is 0 Å². The lowest BCUT2D eigenvalue weighted by molar-refractivity contribution is 0.0503. The zero-order chi connectivity index (χ0) is 16.4. The van der Waals surface area contributed by atoms with Crippen LogP contribution in [0.1, 0.15) is 10.4 Å². The van der Waals surface area contributed by atoms with Gasteiger partial charge in [0.25, 0.3) is 0 Å². The molecule has 116 valence electrons. The Hall–Kier alpha value is -2.48. The Balaban J connectivity index is 1.95. The quantitative estimate of drug-likeness (QED) is 0.571. The summed E-state index contributed by atoms with van der Waals surface area (Å²) in [5.74, 6) is 4.64. The van der Waals surface area contributed by atoms with Crippen molar-refractivity contribution in [2.45, 2.75) is 0 Å². The number of benzene rings is 1. The third-order valence-corrected chi connectivity index (χ3v) is 3.61. The number of halogens is 2. The van der Waals surface area contributed by atoms with Gasteiger partial charge in [-0.15, -0.1) is 10.2 Å². The van der Waals surface area contributed by atoms with Crippen molar-refractivity contribution in [3.05, 3.63) is 52.3 Å². The predicted octanol–water partition coefficient (Wildman–Crippen LogP) is 3.14. The SMILES string of the molecule is NOC(=O)c1cccc(-c2nnc(-c3cnc(Cl)c(Cl)c3)o2)c1. The molecule has 2 aromatic heterocycles. The molecule has 23 heavy (non-hydrogen) atoms. The van der Waals surface area contributed by atoms with E-state index in [0.29, 0.717) is 11.1 Å². The summed E-state index contributed by atoms with van der Waals surface area (Å²) in [6, 6.07) is 8.00. The van der Waals surface area contributed by atoms with E-state index in [2.05, 4.69) is 20.0 Å². The summed E-state index contributed by atoms with van der Waals surface area (Å²) in [6.45, 7) is 0. The van der Waals surface area contributed by atoms with E-state index in [4.69, 9.17) is 33.5 Å². The van der Waals surface area contributed by atoms with Crippen LogP contribution in [-0.2, 0) is 4.84 Å². The third kappa shape index (κ3) is 3.16. The van der Waals surface area contributed by atoms with E-state index in [1.807, 2.05) is 0 Å². The summed E-state index contributed by atoms with van der Waals surface area (Å²) in [5, 5.41) is 8.32. The molecule has 0 amide bonds. The minimum atomic E-state index is -0.666. The average molecular weight is 351 g/mol. The molecule has 0 atom stereocenters. The van der Waals surface area contributed by atoms with Crippen LogP contribution in [0.25, 0.3) is 22.9 Å². The Morgan fingerprint density at radius 3 is 2.57 bits per heavy atom. The fraction of sp³-hybridized carbons (Fsp3) is 0. The standard InChI is InChI=1S/C14H8Cl2N4O3/c15-10-5-9(6-18-11(10)16)13-20-19-12(22-13)7-2-1-3-8(4-7)14(21)23-17/h1-6H,17H2. The molecule has 0 fully saturated rings. The number of pyridine rings is 1. The summed E-state index contributed by atoms with van der Waals surface area (Å²) in [4.78, 5) is 19.5. The van der Waals surface area contributed by atoms with E-state index >= 15 is 0 Å². The van der Waals surface area contributed by atoms with Crippen LogP contribution in [-0.4, -0.2) is 21.2 Å². The zero-order valence-electron chi connectivity index (χ0n) is 11.4. The average Bonchev–Trinajstić information content (AvgIpc) is 3.07. The molecule has 3 rings (SSSR count). The van der Waals surface area contributed by atoms with Crippen LogP contribution < -0.4 is 5.90 Å². The molecule has 9 heteroatoms. The first-order valence-corrected chi connectivity index (χ1v) is 7.00. The van der Waals surface area contributed by atoms with Gasteiger partial charge in [-0.2, -0.15) is 5.90 Å². The highest BCUT2D eigenvalue weighted by molar-refractivity contribution is 6.41. The number of carbonyl (C=O) groups excluding carboxylic acids is 1. The van der Waals surface area contributed by atoms with Gasteiger partial charge in [-0.25, -0.2) is 9.78 Å². The van der Waals surface area contributed by atoms with Crippen molar-refractivity contribution in [1.82, 2.24) is 15.2 Å². The van der Waals surface area contributed by atoms with E-state index in [1.165, 1.54) is 12.3 Å². The fourth-order valence-corrected chi connectivity index (χ4v) is 2.11. The molecule has 3 aromatic rings. The summed E-state index contributed by atoms with van der Waals surface area (Å²) in [7, 11) is 0. The Morgan fingerprint density at radius 1 is 1.13 bits per heavy atom. The summed E-state index contributed by atoms with van der Waals surface area (Å²) >= 11 is 11.7. The molecular formula is C14H8Cl2N4O3. The monoisotopic (exact) mass is 350 g/mol. The smallest absolute Gasteiger partial charge is 0.356 e. The summed E-state index contributed by atoms with van der Waals surface area (Å²) in [5.41, 5.74) is 1.33. The van der Waals surface area contributed by atoms with E-state index < -0.39 is 5.97 Å². The van der Waals surface area contributed by atoms with Crippen LogP contribution in [0.5, 0.6) is 0 Å². The molecule has 0 spiro atoms. The Labute approximate surface area is 140 Å². The molecule has 0 aliphatic heterocycles. The molecule has 0 bridgehead atoms. The highest BCUT2D eigenvalue weighted by Crippen LogP contribution is 2.28. The first kappa shape index (κ1) is 15.4. The van der Waals surface area contributed by atoms with E-state index in [0.717, 1.165) is 0 Å². The van der Waals surface area contributed by atoms with Gasteiger partial charge < -0.3 is 9.25 Å². The molecule has 2 heterocycles. The largest absolute Gasteiger partial charge is 0.416 e. The minimum Gasteiger partial charge on any atom is -0.416 e. The van der Waals surface area contributed by atoms with Gasteiger partial charge in [0.1, 0.15) is 5.15 Å². The molecule has 2 N–H and O–H groups in total.